The number of halogens is 2. The summed E-state index contributed by atoms with van der Waals surface area (Å²) in [5, 5.41) is 10.4. The van der Waals surface area contributed by atoms with Crippen LogP contribution in [0.25, 0.3) is 0 Å². The van der Waals surface area contributed by atoms with Gasteiger partial charge in [-0.3, -0.25) is 4.79 Å². The van der Waals surface area contributed by atoms with Crippen LogP contribution in [0.4, 0.5) is 28.7 Å². The van der Waals surface area contributed by atoms with E-state index in [2.05, 4.69) is 49.6 Å². The molecule has 0 saturated heterocycles. The molecular weight excluding hydrogens is 512 g/mol. The van der Waals surface area contributed by atoms with Gasteiger partial charge >= 0.3 is 0 Å². The summed E-state index contributed by atoms with van der Waals surface area (Å²) in [6.45, 7) is 2.08. The van der Waals surface area contributed by atoms with E-state index in [1.165, 1.54) is 0 Å². The van der Waals surface area contributed by atoms with E-state index >= 15 is 0 Å². The maximum atomic E-state index is 12.3. The number of fused-ring (bicyclic) bond motifs is 1. The van der Waals surface area contributed by atoms with Crippen LogP contribution in [0.5, 0.6) is 5.75 Å². The Morgan fingerprint density at radius 1 is 1.43 bits per heavy atom. The van der Waals surface area contributed by atoms with E-state index in [4.69, 9.17) is 21.3 Å². The van der Waals surface area contributed by atoms with Crippen LogP contribution in [0, 0.1) is 5.92 Å². The highest BCUT2D eigenvalue weighted by molar-refractivity contribution is 14.2. The van der Waals surface area contributed by atoms with Gasteiger partial charge in [-0.25, -0.2) is 4.98 Å². The number of nitrogens with one attached hydrogen (secondary N) is 3. The van der Waals surface area contributed by atoms with E-state index in [0.29, 0.717) is 23.0 Å². The van der Waals surface area contributed by atoms with Crippen LogP contribution >= 0.6 is 40.0 Å². The normalized spacial score (nSPS) is 18.1. The monoisotopic (exact) mass is 531 g/mol. The number of carbonyl (C=O) groups excluding carboxylic acids is 1. The second-order valence-corrected chi connectivity index (χ2v) is 9.24. The molecule has 1 aromatic carbocycles. The Morgan fingerprint density at radius 2 is 2.21 bits per heavy atom. The van der Waals surface area contributed by atoms with Crippen molar-refractivity contribution in [1.29, 1.82) is 0 Å². The van der Waals surface area contributed by atoms with Crippen molar-refractivity contribution in [3.05, 3.63) is 29.3 Å². The lowest BCUT2D eigenvalue weighted by Gasteiger charge is -2.19. The van der Waals surface area contributed by atoms with E-state index in [1.54, 1.807) is 13.2 Å². The van der Waals surface area contributed by atoms with Crippen molar-refractivity contribution in [2.24, 2.45) is 5.92 Å². The molecule has 1 amide bonds. The molecule has 2 aliphatic rings. The fourth-order valence-electron chi connectivity index (χ4n) is 3.11. The molecule has 4 rings (SSSR count). The third-order valence-electron chi connectivity index (χ3n) is 4.70. The number of nitrogens with zero attached hydrogens (tertiary/aromatic N) is 2. The summed E-state index contributed by atoms with van der Waals surface area (Å²) >= 11 is 8.60. The van der Waals surface area contributed by atoms with Gasteiger partial charge in [-0.1, -0.05) is 17.7 Å². The van der Waals surface area contributed by atoms with Crippen LogP contribution < -0.4 is 25.4 Å². The fourth-order valence-corrected chi connectivity index (χ4v) is 5.76. The number of anilines is 5. The Hall–Kier alpha value is -1.51. The molecule has 1 aromatic heterocycles. The van der Waals surface area contributed by atoms with E-state index in [1.807, 2.05) is 18.2 Å². The number of carbonyl (C=O) groups is 1. The molecule has 28 heavy (non-hydrogen) atoms. The highest BCUT2D eigenvalue weighted by atomic mass is 127. The molecule has 2 atom stereocenters. The summed E-state index contributed by atoms with van der Waals surface area (Å²) in [6.07, 6.45) is 2.51. The summed E-state index contributed by atoms with van der Waals surface area (Å²) in [7, 11) is 1.59. The van der Waals surface area contributed by atoms with Gasteiger partial charge in [0, 0.05) is 18.4 Å². The number of pyridine rings is 1. The zero-order valence-corrected chi connectivity index (χ0v) is 19.3. The largest absolute Gasteiger partial charge is 0.493 e. The van der Waals surface area contributed by atoms with Crippen LogP contribution in [0.1, 0.15) is 19.8 Å². The molecule has 0 bridgehead atoms. The van der Waals surface area contributed by atoms with Crippen LogP contribution in [-0.4, -0.2) is 24.2 Å². The van der Waals surface area contributed by atoms with Crippen molar-refractivity contribution in [3.63, 3.8) is 0 Å². The van der Waals surface area contributed by atoms with Crippen molar-refractivity contribution in [3.8, 4) is 5.75 Å². The molecule has 148 valence electrons. The minimum atomic E-state index is 0.0289. The summed E-state index contributed by atoms with van der Waals surface area (Å²) in [5.74, 6) is 2.06. The third kappa shape index (κ3) is 3.82. The van der Waals surface area contributed by atoms with Gasteiger partial charge in [-0.05, 0) is 53.9 Å². The minimum absolute atomic E-state index is 0.0289. The Balaban J connectivity index is 1.74. The minimum Gasteiger partial charge on any atom is -0.493 e. The van der Waals surface area contributed by atoms with Crippen molar-refractivity contribution in [1.82, 2.24) is 4.98 Å². The molecular formula is C18H20ClIN5O2P. The maximum Gasteiger partial charge on any atom is 0.228 e. The van der Waals surface area contributed by atoms with E-state index < -0.39 is 0 Å². The number of hydrogen-bond acceptors (Lipinski definition) is 6. The summed E-state index contributed by atoms with van der Waals surface area (Å²) in [6, 6.07) is 7.39. The van der Waals surface area contributed by atoms with Gasteiger partial charge in [0.05, 0.1) is 23.5 Å². The number of rotatable bonds is 6. The number of amides is 1. The Kier molecular flexibility index (Phi) is 5.71. The van der Waals surface area contributed by atoms with Gasteiger partial charge in [-0.15, -0.1) is 0 Å². The molecule has 7 nitrogen and oxygen atoms in total. The number of ether oxygens (including phenoxy) is 1. The molecule has 0 radical (unpaired) electrons. The molecule has 1 fully saturated rings. The van der Waals surface area contributed by atoms with E-state index in [0.717, 1.165) is 35.7 Å². The lowest BCUT2D eigenvalue weighted by Crippen LogP contribution is -2.24. The van der Waals surface area contributed by atoms with Gasteiger partial charge in [0.15, 0.2) is 11.6 Å². The first kappa shape index (κ1) is 19.8. The Labute approximate surface area is 183 Å². The second kappa shape index (κ2) is 8.08. The molecule has 0 spiro atoms. The summed E-state index contributed by atoms with van der Waals surface area (Å²) in [4.78, 5) is 17.0. The highest BCUT2D eigenvalue weighted by Gasteiger charge is 2.32. The zero-order chi connectivity index (χ0) is 19.8. The molecule has 1 aliphatic carbocycles. The number of benzene rings is 1. The molecule has 2 aromatic rings. The molecule has 2 heterocycles. The predicted octanol–water partition coefficient (Wildman–Crippen LogP) is 5.36. The van der Waals surface area contributed by atoms with Crippen LogP contribution in [0.3, 0.4) is 0 Å². The number of hydrogen-bond donors (Lipinski definition) is 3. The molecule has 3 N–H and O–H groups in total. The van der Waals surface area contributed by atoms with Crippen LogP contribution in [0.2, 0.25) is 5.02 Å². The van der Waals surface area contributed by atoms with Crippen LogP contribution in [0.15, 0.2) is 24.3 Å². The average Bonchev–Trinajstić information content (AvgIpc) is 3.46. The smallest absolute Gasteiger partial charge is 0.228 e. The lowest BCUT2D eigenvalue weighted by atomic mass is 10.2. The quantitative estimate of drug-likeness (QED) is 0.344. The predicted molar refractivity (Wildman–Crippen MR) is 125 cm³/mol. The third-order valence-corrected chi connectivity index (χ3v) is 7.34. The van der Waals surface area contributed by atoms with Crippen molar-refractivity contribution in [2.45, 2.75) is 25.9 Å². The van der Waals surface area contributed by atoms with Crippen LogP contribution in [-0.2, 0) is 4.79 Å². The fraction of sp³-hybridized carbons (Fsp3) is 0.333. The SMILES string of the molecule is COc1c(Cl)cccc1Nc1cc(NC(=O)C2CC2)nc2c1NC(C)N2PI. The van der Waals surface area contributed by atoms with E-state index in [-0.39, 0.29) is 18.0 Å². The Morgan fingerprint density at radius 3 is 2.89 bits per heavy atom. The second-order valence-electron chi connectivity index (χ2n) is 6.74. The van der Waals surface area contributed by atoms with Gasteiger partial charge in [-0.2, -0.15) is 0 Å². The average molecular weight is 532 g/mol. The first-order valence-corrected chi connectivity index (χ1v) is 13.3. The standard InChI is InChI=1S/C18H20ClIN5O2P/c1-9-21-15-13(22-12-5-3-4-11(19)16(12)27-2)8-14(23-17(15)25(9)28-20)24-18(26)10-6-7-10/h3-5,8-10,21,28H,6-7H2,1-2H3,(H2,22,23,24,26). The topological polar surface area (TPSA) is 78.5 Å². The van der Waals surface area contributed by atoms with Crippen molar-refractivity contribution < 1.29 is 9.53 Å². The molecule has 2 unspecified atom stereocenters. The molecule has 1 aliphatic heterocycles. The van der Waals surface area contributed by atoms with E-state index in [9.17, 15) is 4.79 Å². The summed E-state index contributed by atoms with van der Waals surface area (Å²) < 4.78 is 7.62. The summed E-state index contributed by atoms with van der Waals surface area (Å²) in [5.41, 5.74) is 2.44. The van der Waals surface area contributed by atoms with Gasteiger partial charge in [0.1, 0.15) is 17.7 Å². The van der Waals surface area contributed by atoms with Gasteiger partial charge in [0.25, 0.3) is 0 Å². The zero-order valence-electron chi connectivity index (χ0n) is 15.3. The molecule has 1 saturated carbocycles. The number of methoxy groups -OCH3 is 1. The molecule has 10 heteroatoms. The Bertz CT molecular complexity index is 927. The first-order valence-electron chi connectivity index (χ1n) is 8.89. The maximum absolute atomic E-state index is 12.3. The number of aromatic nitrogens is 1. The van der Waals surface area contributed by atoms with Gasteiger partial charge < -0.3 is 25.4 Å². The van der Waals surface area contributed by atoms with Gasteiger partial charge in [0.2, 0.25) is 5.91 Å². The number of para-hydroxylation sites is 1. The first-order chi connectivity index (χ1) is 13.5. The lowest BCUT2D eigenvalue weighted by molar-refractivity contribution is -0.117. The highest BCUT2D eigenvalue weighted by Crippen LogP contribution is 2.48. The van der Waals surface area contributed by atoms with Crippen molar-refractivity contribution in [2.75, 3.05) is 27.7 Å². The van der Waals surface area contributed by atoms with Crippen molar-refractivity contribution >= 4 is 74.6 Å².